The maximum atomic E-state index is 9.61. The number of ether oxygens (including phenoxy) is 1. The molecule has 0 spiro atoms. The second kappa shape index (κ2) is 5.39. The molecule has 1 aromatic heterocycles. The summed E-state index contributed by atoms with van der Waals surface area (Å²) in [5.74, 6) is 1.41. The number of anilines is 2. The van der Waals surface area contributed by atoms with Crippen LogP contribution in [0.15, 0.2) is 6.33 Å². The van der Waals surface area contributed by atoms with Gasteiger partial charge in [0.15, 0.2) is 5.82 Å². The Balaban J connectivity index is 2.17. The van der Waals surface area contributed by atoms with Crippen LogP contribution in [0.2, 0.25) is 0 Å². The Morgan fingerprint density at radius 1 is 1.61 bits per heavy atom. The highest BCUT2D eigenvalue weighted by Gasteiger charge is 2.28. The average molecular weight is 252 g/mol. The fourth-order valence-electron chi connectivity index (χ4n) is 2.25. The highest BCUT2D eigenvalue weighted by atomic mass is 16.5. The van der Waals surface area contributed by atoms with Crippen molar-refractivity contribution in [3.8, 4) is 5.88 Å². The number of hydrogen-bond acceptors (Lipinski definition) is 6. The fraction of sp³-hybridized carbons (Fsp3) is 0.667. The first-order valence-corrected chi connectivity index (χ1v) is 6.29. The molecule has 0 amide bonds. The van der Waals surface area contributed by atoms with Crippen LogP contribution in [-0.4, -0.2) is 40.9 Å². The van der Waals surface area contributed by atoms with E-state index in [1.165, 1.54) is 6.33 Å². The van der Waals surface area contributed by atoms with Gasteiger partial charge in [-0.25, -0.2) is 4.98 Å². The molecule has 0 saturated carbocycles. The van der Waals surface area contributed by atoms with Gasteiger partial charge in [0.1, 0.15) is 12.0 Å². The van der Waals surface area contributed by atoms with Gasteiger partial charge in [0.25, 0.3) is 0 Å². The van der Waals surface area contributed by atoms with Crippen molar-refractivity contribution in [3.05, 3.63) is 6.33 Å². The molecular weight excluding hydrogens is 232 g/mol. The number of hydrogen-bond donors (Lipinski definition) is 2. The van der Waals surface area contributed by atoms with Gasteiger partial charge >= 0.3 is 0 Å². The van der Waals surface area contributed by atoms with E-state index in [0.29, 0.717) is 24.0 Å². The molecule has 0 aliphatic carbocycles. The second-order valence-corrected chi connectivity index (χ2v) is 4.58. The second-order valence-electron chi connectivity index (χ2n) is 4.58. The minimum absolute atomic E-state index is 0.273. The third kappa shape index (κ3) is 2.48. The molecule has 0 radical (unpaired) electrons. The lowest BCUT2D eigenvalue weighted by molar-refractivity contribution is 0.136. The number of aliphatic hydroxyl groups excluding tert-OH is 1. The summed E-state index contributed by atoms with van der Waals surface area (Å²) in [6, 6.07) is 0. The predicted molar refractivity (Wildman–Crippen MR) is 69.6 cm³/mol. The van der Waals surface area contributed by atoms with E-state index in [1.807, 2.05) is 13.8 Å². The lowest BCUT2D eigenvalue weighted by Crippen LogP contribution is -2.25. The van der Waals surface area contributed by atoms with E-state index in [9.17, 15) is 5.11 Å². The van der Waals surface area contributed by atoms with Crippen LogP contribution in [0.5, 0.6) is 5.88 Å². The molecule has 0 bridgehead atoms. The Morgan fingerprint density at radius 2 is 2.39 bits per heavy atom. The van der Waals surface area contributed by atoms with Gasteiger partial charge in [0.05, 0.1) is 12.7 Å². The van der Waals surface area contributed by atoms with E-state index in [2.05, 4.69) is 14.9 Å². The summed E-state index contributed by atoms with van der Waals surface area (Å²) in [5.41, 5.74) is 6.49. The molecule has 1 fully saturated rings. The van der Waals surface area contributed by atoms with Crippen molar-refractivity contribution < 1.29 is 9.84 Å². The number of rotatable bonds is 4. The Hall–Kier alpha value is -1.56. The summed E-state index contributed by atoms with van der Waals surface area (Å²) in [6.45, 7) is 5.85. The number of nitrogens with zero attached hydrogens (tertiary/aromatic N) is 3. The van der Waals surface area contributed by atoms with E-state index in [-0.39, 0.29) is 12.0 Å². The van der Waals surface area contributed by atoms with E-state index >= 15 is 0 Å². The molecule has 100 valence electrons. The maximum absolute atomic E-state index is 9.61. The molecule has 2 heterocycles. The zero-order valence-corrected chi connectivity index (χ0v) is 10.8. The monoisotopic (exact) mass is 252 g/mol. The van der Waals surface area contributed by atoms with Crippen LogP contribution in [0.3, 0.4) is 0 Å². The number of nitrogens with two attached hydrogens (primary N) is 1. The number of aliphatic hydroxyl groups is 1. The molecular formula is C12H20N4O2. The number of nitrogen functional groups attached to an aromatic ring is 1. The van der Waals surface area contributed by atoms with Gasteiger partial charge in [-0.2, -0.15) is 4.98 Å². The topological polar surface area (TPSA) is 84.5 Å². The summed E-state index contributed by atoms with van der Waals surface area (Å²) in [4.78, 5) is 10.3. The van der Waals surface area contributed by atoms with Crippen molar-refractivity contribution >= 4 is 11.5 Å². The zero-order valence-electron chi connectivity index (χ0n) is 10.8. The van der Waals surface area contributed by atoms with E-state index in [0.717, 1.165) is 19.5 Å². The Morgan fingerprint density at radius 3 is 3.00 bits per heavy atom. The molecule has 6 nitrogen and oxygen atoms in total. The number of aromatic nitrogens is 2. The van der Waals surface area contributed by atoms with Crippen LogP contribution in [0.25, 0.3) is 0 Å². The largest absolute Gasteiger partial charge is 0.476 e. The van der Waals surface area contributed by atoms with Crippen molar-refractivity contribution in [1.29, 1.82) is 0 Å². The lowest BCUT2D eigenvalue weighted by atomic mass is 10.0. The Kier molecular flexibility index (Phi) is 3.86. The zero-order chi connectivity index (χ0) is 13.1. The van der Waals surface area contributed by atoms with Crippen LogP contribution < -0.4 is 15.4 Å². The normalized spacial score (nSPS) is 21.1. The quantitative estimate of drug-likeness (QED) is 0.819. The minimum atomic E-state index is -0.301. The van der Waals surface area contributed by atoms with Crippen LogP contribution in [0, 0.1) is 5.92 Å². The molecule has 1 aliphatic rings. The van der Waals surface area contributed by atoms with E-state index in [1.54, 1.807) is 0 Å². The first-order valence-electron chi connectivity index (χ1n) is 6.29. The standard InChI is InChI=1S/C12H20N4O2/c1-3-18-12-10(13)11(14-7-15-12)16-5-4-9(6-16)8(2)17/h7-9,17H,3-6,13H2,1-2H3. The molecule has 1 aliphatic heterocycles. The van der Waals surface area contributed by atoms with Crippen LogP contribution in [-0.2, 0) is 0 Å². The Labute approximate surface area is 107 Å². The van der Waals surface area contributed by atoms with Crippen molar-refractivity contribution in [1.82, 2.24) is 9.97 Å². The summed E-state index contributed by atoms with van der Waals surface area (Å²) >= 11 is 0. The van der Waals surface area contributed by atoms with Crippen molar-refractivity contribution in [2.24, 2.45) is 5.92 Å². The van der Waals surface area contributed by atoms with Gasteiger partial charge in [0.2, 0.25) is 5.88 Å². The first kappa shape index (κ1) is 12.9. The summed E-state index contributed by atoms with van der Waals surface area (Å²) < 4.78 is 5.36. The van der Waals surface area contributed by atoms with Gasteiger partial charge in [-0.05, 0) is 20.3 Å². The molecule has 3 N–H and O–H groups in total. The SMILES string of the molecule is CCOc1ncnc(N2CCC(C(C)O)C2)c1N. The Bertz CT molecular complexity index is 411. The molecule has 6 heteroatoms. The third-order valence-corrected chi connectivity index (χ3v) is 3.31. The van der Waals surface area contributed by atoms with Crippen molar-refractivity contribution in [2.75, 3.05) is 30.3 Å². The smallest absolute Gasteiger partial charge is 0.242 e. The van der Waals surface area contributed by atoms with Gasteiger partial charge in [-0.1, -0.05) is 0 Å². The summed E-state index contributed by atoms with van der Waals surface area (Å²) in [7, 11) is 0. The third-order valence-electron chi connectivity index (χ3n) is 3.31. The maximum Gasteiger partial charge on any atom is 0.242 e. The van der Waals surface area contributed by atoms with Gasteiger partial charge in [-0.3, -0.25) is 0 Å². The van der Waals surface area contributed by atoms with E-state index < -0.39 is 0 Å². The van der Waals surface area contributed by atoms with Crippen LogP contribution in [0.4, 0.5) is 11.5 Å². The summed E-state index contributed by atoms with van der Waals surface area (Å²) in [5, 5.41) is 9.61. The van der Waals surface area contributed by atoms with Crippen molar-refractivity contribution in [2.45, 2.75) is 26.4 Å². The molecule has 0 aromatic carbocycles. The van der Waals surface area contributed by atoms with Gasteiger partial charge in [0, 0.05) is 19.0 Å². The summed E-state index contributed by atoms with van der Waals surface area (Å²) in [6.07, 6.45) is 2.11. The highest BCUT2D eigenvalue weighted by Crippen LogP contribution is 2.32. The minimum Gasteiger partial charge on any atom is -0.476 e. The first-order chi connectivity index (χ1) is 8.63. The van der Waals surface area contributed by atoms with Gasteiger partial charge < -0.3 is 20.5 Å². The fourth-order valence-corrected chi connectivity index (χ4v) is 2.25. The average Bonchev–Trinajstić information content (AvgIpc) is 2.81. The van der Waals surface area contributed by atoms with Gasteiger partial charge in [-0.15, -0.1) is 0 Å². The molecule has 2 unspecified atom stereocenters. The van der Waals surface area contributed by atoms with Crippen LogP contribution >= 0.6 is 0 Å². The molecule has 2 rings (SSSR count). The molecule has 18 heavy (non-hydrogen) atoms. The molecule has 2 atom stereocenters. The van der Waals surface area contributed by atoms with Crippen molar-refractivity contribution in [3.63, 3.8) is 0 Å². The lowest BCUT2D eigenvalue weighted by Gasteiger charge is -2.20. The highest BCUT2D eigenvalue weighted by molar-refractivity contribution is 5.68. The molecule has 1 saturated heterocycles. The van der Waals surface area contributed by atoms with Crippen LogP contribution in [0.1, 0.15) is 20.3 Å². The van der Waals surface area contributed by atoms with E-state index in [4.69, 9.17) is 10.5 Å². The predicted octanol–water partition coefficient (Wildman–Crippen LogP) is 0.665. The molecule has 1 aromatic rings.